The van der Waals surface area contributed by atoms with E-state index in [1.54, 1.807) is 18.6 Å². The molecule has 1 N–H and O–H groups in total. The van der Waals surface area contributed by atoms with Crippen LogP contribution in [0.15, 0.2) is 42.9 Å². The molecule has 5 nitrogen and oxygen atoms in total. The van der Waals surface area contributed by atoms with Crippen molar-refractivity contribution in [1.29, 1.82) is 0 Å². The van der Waals surface area contributed by atoms with E-state index < -0.39 is 0 Å². The van der Waals surface area contributed by atoms with Crippen molar-refractivity contribution in [3.8, 4) is 11.4 Å². The van der Waals surface area contributed by atoms with Crippen LogP contribution in [0, 0.1) is 6.92 Å². The van der Waals surface area contributed by atoms with Gasteiger partial charge in [0.1, 0.15) is 5.82 Å². The molecule has 3 heterocycles. The Kier molecular flexibility index (Phi) is 2.26. The molecule has 0 unspecified atom stereocenters. The SMILES string of the molecule is Cc1ccnc2nc(-c3cccc4nccnc34)[nH]c12. The Morgan fingerprint density at radius 2 is 1.85 bits per heavy atom. The molecule has 4 rings (SSSR count). The van der Waals surface area contributed by atoms with Gasteiger partial charge in [0.2, 0.25) is 0 Å². The molecule has 0 aliphatic carbocycles. The average Bonchev–Trinajstić information content (AvgIpc) is 2.92. The second kappa shape index (κ2) is 4.09. The largest absolute Gasteiger partial charge is 0.336 e. The van der Waals surface area contributed by atoms with Crippen molar-refractivity contribution < 1.29 is 0 Å². The summed E-state index contributed by atoms with van der Waals surface area (Å²) in [5, 5.41) is 0. The summed E-state index contributed by atoms with van der Waals surface area (Å²) in [6, 6.07) is 7.86. The van der Waals surface area contributed by atoms with Gasteiger partial charge in [-0.2, -0.15) is 0 Å². The minimum atomic E-state index is 0.723. The normalized spacial score (nSPS) is 11.2. The number of hydrogen-bond acceptors (Lipinski definition) is 4. The predicted octanol–water partition coefficient (Wildman–Crippen LogP) is 2.88. The number of pyridine rings is 1. The van der Waals surface area contributed by atoms with Gasteiger partial charge < -0.3 is 4.98 Å². The van der Waals surface area contributed by atoms with Crippen LogP contribution in [0.25, 0.3) is 33.6 Å². The first-order valence-electron chi connectivity index (χ1n) is 6.34. The van der Waals surface area contributed by atoms with E-state index in [9.17, 15) is 0 Å². The van der Waals surface area contributed by atoms with E-state index in [-0.39, 0.29) is 0 Å². The van der Waals surface area contributed by atoms with Crippen molar-refractivity contribution in [3.63, 3.8) is 0 Å². The summed E-state index contributed by atoms with van der Waals surface area (Å²) >= 11 is 0. The van der Waals surface area contributed by atoms with Gasteiger partial charge in [0.25, 0.3) is 0 Å². The maximum absolute atomic E-state index is 4.56. The molecule has 3 aromatic heterocycles. The van der Waals surface area contributed by atoms with Crippen molar-refractivity contribution in [2.24, 2.45) is 0 Å². The van der Waals surface area contributed by atoms with Crippen LogP contribution in [0.3, 0.4) is 0 Å². The molecule has 0 aliphatic heterocycles. The number of imidazole rings is 1. The van der Waals surface area contributed by atoms with E-state index in [0.29, 0.717) is 0 Å². The van der Waals surface area contributed by atoms with Crippen LogP contribution >= 0.6 is 0 Å². The highest BCUT2D eigenvalue weighted by molar-refractivity contribution is 5.91. The molecule has 20 heavy (non-hydrogen) atoms. The Balaban J connectivity index is 2.04. The van der Waals surface area contributed by atoms with Crippen molar-refractivity contribution >= 4 is 22.2 Å². The van der Waals surface area contributed by atoms with E-state index in [1.165, 1.54) is 0 Å². The number of rotatable bonds is 1. The van der Waals surface area contributed by atoms with Gasteiger partial charge in [-0.3, -0.25) is 9.97 Å². The molecule has 0 bridgehead atoms. The Labute approximate surface area is 114 Å². The number of aromatic nitrogens is 5. The third kappa shape index (κ3) is 1.56. The van der Waals surface area contributed by atoms with Crippen molar-refractivity contribution in [2.75, 3.05) is 0 Å². The summed E-state index contributed by atoms with van der Waals surface area (Å²) in [6.45, 7) is 2.04. The fourth-order valence-corrected chi connectivity index (χ4v) is 2.35. The Morgan fingerprint density at radius 3 is 2.75 bits per heavy atom. The van der Waals surface area contributed by atoms with Gasteiger partial charge in [-0.1, -0.05) is 6.07 Å². The lowest BCUT2D eigenvalue weighted by molar-refractivity contribution is 1.27. The molecule has 0 saturated carbocycles. The number of benzene rings is 1. The summed E-state index contributed by atoms with van der Waals surface area (Å²) < 4.78 is 0. The quantitative estimate of drug-likeness (QED) is 0.572. The third-order valence-electron chi connectivity index (χ3n) is 3.35. The number of aromatic amines is 1. The Morgan fingerprint density at radius 1 is 0.950 bits per heavy atom. The smallest absolute Gasteiger partial charge is 0.178 e. The van der Waals surface area contributed by atoms with Crippen LogP contribution in [0.5, 0.6) is 0 Å². The van der Waals surface area contributed by atoms with Crippen LogP contribution in [0.4, 0.5) is 0 Å². The van der Waals surface area contributed by atoms with E-state index in [4.69, 9.17) is 0 Å². The van der Waals surface area contributed by atoms with Gasteiger partial charge in [-0.25, -0.2) is 9.97 Å². The van der Waals surface area contributed by atoms with Crippen molar-refractivity contribution in [2.45, 2.75) is 6.92 Å². The molecule has 0 saturated heterocycles. The molecule has 4 aromatic rings. The monoisotopic (exact) mass is 261 g/mol. The van der Waals surface area contributed by atoms with Gasteiger partial charge in [-0.15, -0.1) is 0 Å². The second-order valence-corrected chi connectivity index (χ2v) is 4.64. The first kappa shape index (κ1) is 11.0. The number of H-pyrrole nitrogens is 1. The summed E-state index contributed by atoms with van der Waals surface area (Å²) in [4.78, 5) is 20.9. The highest BCUT2D eigenvalue weighted by atomic mass is 15.0. The molecule has 0 amide bonds. The fraction of sp³-hybridized carbons (Fsp3) is 0.0667. The second-order valence-electron chi connectivity index (χ2n) is 4.64. The topological polar surface area (TPSA) is 67.3 Å². The molecule has 0 radical (unpaired) electrons. The Hall–Kier alpha value is -2.82. The summed E-state index contributed by atoms with van der Waals surface area (Å²) in [5.74, 6) is 0.771. The number of hydrogen-bond donors (Lipinski definition) is 1. The zero-order chi connectivity index (χ0) is 13.5. The van der Waals surface area contributed by atoms with E-state index >= 15 is 0 Å². The van der Waals surface area contributed by atoms with Crippen LogP contribution in [0.1, 0.15) is 5.56 Å². The summed E-state index contributed by atoms with van der Waals surface area (Å²) in [5.41, 5.74) is 5.44. The molecule has 0 aliphatic rings. The first-order valence-corrected chi connectivity index (χ1v) is 6.34. The highest BCUT2D eigenvalue weighted by Crippen LogP contribution is 2.26. The minimum absolute atomic E-state index is 0.723. The molecule has 0 fully saturated rings. The van der Waals surface area contributed by atoms with Gasteiger partial charge in [0.05, 0.1) is 16.6 Å². The standard InChI is InChI=1S/C15H11N5/c1-9-5-6-18-15-12(9)19-14(20-15)10-3-2-4-11-13(10)17-8-7-16-11/h2-8H,1H3,(H,18,19,20). The average molecular weight is 261 g/mol. The minimum Gasteiger partial charge on any atom is -0.336 e. The maximum Gasteiger partial charge on any atom is 0.178 e. The lowest BCUT2D eigenvalue weighted by Crippen LogP contribution is -1.88. The number of fused-ring (bicyclic) bond motifs is 2. The lowest BCUT2D eigenvalue weighted by Gasteiger charge is -2.01. The zero-order valence-corrected chi connectivity index (χ0v) is 10.8. The molecule has 0 spiro atoms. The third-order valence-corrected chi connectivity index (χ3v) is 3.35. The number of nitrogens with one attached hydrogen (secondary N) is 1. The maximum atomic E-state index is 4.56. The molecular formula is C15H11N5. The Bertz CT molecular complexity index is 921. The highest BCUT2D eigenvalue weighted by Gasteiger charge is 2.11. The van der Waals surface area contributed by atoms with Crippen LogP contribution in [0.2, 0.25) is 0 Å². The molecule has 96 valence electrons. The van der Waals surface area contributed by atoms with Gasteiger partial charge in [-0.05, 0) is 30.7 Å². The van der Waals surface area contributed by atoms with Gasteiger partial charge in [0.15, 0.2) is 5.65 Å². The van der Waals surface area contributed by atoms with Crippen molar-refractivity contribution in [1.82, 2.24) is 24.9 Å². The number of nitrogens with zero attached hydrogens (tertiary/aromatic N) is 4. The van der Waals surface area contributed by atoms with Crippen LogP contribution in [-0.2, 0) is 0 Å². The lowest BCUT2D eigenvalue weighted by atomic mass is 10.1. The fourth-order valence-electron chi connectivity index (χ4n) is 2.35. The molecule has 5 heteroatoms. The van der Waals surface area contributed by atoms with Crippen molar-refractivity contribution in [3.05, 3.63) is 48.4 Å². The number of aryl methyl sites for hydroxylation is 1. The van der Waals surface area contributed by atoms with E-state index in [1.807, 2.05) is 31.2 Å². The predicted molar refractivity (Wildman–Crippen MR) is 77.2 cm³/mol. The van der Waals surface area contributed by atoms with E-state index in [2.05, 4.69) is 24.9 Å². The summed E-state index contributed by atoms with van der Waals surface area (Å²) in [6.07, 6.45) is 5.15. The zero-order valence-electron chi connectivity index (χ0n) is 10.8. The molecular weight excluding hydrogens is 250 g/mol. The van der Waals surface area contributed by atoms with Gasteiger partial charge >= 0.3 is 0 Å². The van der Waals surface area contributed by atoms with E-state index in [0.717, 1.165) is 39.1 Å². The first-order chi connectivity index (χ1) is 9.83. The summed E-state index contributed by atoms with van der Waals surface area (Å²) in [7, 11) is 0. The molecule has 1 aromatic carbocycles. The van der Waals surface area contributed by atoms with Crippen LogP contribution in [-0.4, -0.2) is 24.9 Å². The molecule has 0 atom stereocenters. The van der Waals surface area contributed by atoms with Crippen LogP contribution < -0.4 is 0 Å². The van der Waals surface area contributed by atoms with Gasteiger partial charge in [0, 0.05) is 24.2 Å². The number of para-hydroxylation sites is 1.